The highest BCUT2D eigenvalue weighted by Crippen LogP contribution is 2.38. The number of Topliss-reactive ketones (excluding diaryl/α,β-unsaturated/α-hetero) is 1. The lowest BCUT2D eigenvalue weighted by atomic mass is 9.67. The van der Waals surface area contributed by atoms with Crippen LogP contribution in [0.3, 0.4) is 0 Å². The number of carboxylic acid groups (broad SMARTS) is 2. The fourth-order valence-electron chi connectivity index (χ4n) is 1.76. The van der Waals surface area contributed by atoms with E-state index in [9.17, 15) is 19.2 Å². The van der Waals surface area contributed by atoms with Gasteiger partial charge < -0.3 is 15.5 Å². The molecule has 0 spiro atoms. The van der Waals surface area contributed by atoms with E-state index in [-0.39, 0.29) is 18.1 Å². The van der Waals surface area contributed by atoms with Crippen molar-refractivity contribution in [2.24, 2.45) is 21.7 Å². The lowest BCUT2D eigenvalue weighted by Gasteiger charge is -2.36. The van der Waals surface area contributed by atoms with Gasteiger partial charge in [-0.15, -0.1) is 0 Å². The fraction of sp³-hybridized carbons (Fsp3) is 0.826. The Kier molecular flexibility index (Phi) is 13.9. The van der Waals surface area contributed by atoms with E-state index in [0.717, 1.165) is 0 Å². The zero-order valence-electron chi connectivity index (χ0n) is 21.1. The Hall–Kier alpha value is -1.92. The Morgan fingerprint density at radius 3 is 1.23 bits per heavy atom. The molecule has 178 valence electrons. The van der Waals surface area contributed by atoms with Crippen LogP contribution in [0.4, 0.5) is 0 Å². The Morgan fingerprint density at radius 2 is 1.10 bits per heavy atom. The van der Waals surface area contributed by atoms with Crippen molar-refractivity contribution in [1.82, 2.24) is 5.32 Å². The molecule has 30 heavy (non-hydrogen) atoms. The Labute approximate surface area is 183 Å². The summed E-state index contributed by atoms with van der Waals surface area (Å²) in [6, 6.07) is 0. The molecule has 0 heterocycles. The highest BCUT2D eigenvalue weighted by atomic mass is 16.4. The van der Waals surface area contributed by atoms with Crippen LogP contribution in [0.15, 0.2) is 0 Å². The first kappa shape index (κ1) is 32.7. The van der Waals surface area contributed by atoms with Crippen LogP contribution in [-0.4, -0.2) is 40.9 Å². The van der Waals surface area contributed by atoms with Crippen molar-refractivity contribution >= 4 is 23.6 Å². The molecule has 0 aromatic rings. The third-order valence-corrected chi connectivity index (χ3v) is 5.89. The molecule has 0 rings (SSSR count). The van der Waals surface area contributed by atoms with Crippen molar-refractivity contribution in [2.75, 3.05) is 7.05 Å². The van der Waals surface area contributed by atoms with Gasteiger partial charge in [-0.05, 0) is 53.4 Å². The van der Waals surface area contributed by atoms with Crippen molar-refractivity contribution in [3.63, 3.8) is 0 Å². The van der Waals surface area contributed by atoms with E-state index in [1.165, 1.54) is 20.4 Å². The number of hydrogen-bond donors (Lipinski definition) is 3. The zero-order chi connectivity index (χ0) is 25.1. The molecule has 0 saturated heterocycles. The number of nitrogens with one attached hydrogen (secondary N) is 1. The summed E-state index contributed by atoms with van der Waals surface area (Å²) in [5.74, 6) is -2.20. The van der Waals surface area contributed by atoms with E-state index < -0.39 is 28.2 Å². The lowest BCUT2D eigenvalue weighted by molar-refractivity contribution is -0.159. The second-order valence-electron chi connectivity index (χ2n) is 10.1. The Bertz CT molecular complexity index is 587. The summed E-state index contributed by atoms with van der Waals surface area (Å²) in [5, 5.41) is 20.1. The number of rotatable bonds is 7. The summed E-state index contributed by atoms with van der Waals surface area (Å²) >= 11 is 0. The normalized spacial score (nSPS) is 13.5. The number of ketones is 1. The number of carboxylic acids is 2. The summed E-state index contributed by atoms with van der Waals surface area (Å²) in [4.78, 5) is 43.6. The number of aliphatic carboxylic acids is 2. The fourth-order valence-corrected chi connectivity index (χ4v) is 1.76. The minimum atomic E-state index is -1.08. The molecule has 3 N–H and O–H groups in total. The molecule has 0 aromatic heterocycles. The van der Waals surface area contributed by atoms with E-state index in [1.807, 2.05) is 0 Å². The van der Waals surface area contributed by atoms with Crippen molar-refractivity contribution in [3.05, 3.63) is 0 Å². The quantitative estimate of drug-likeness (QED) is 0.533. The van der Waals surface area contributed by atoms with Gasteiger partial charge in [0.1, 0.15) is 5.78 Å². The molecular weight excluding hydrogens is 386 g/mol. The third-order valence-electron chi connectivity index (χ3n) is 5.89. The number of hydrogen-bond acceptors (Lipinski definition) is 4. The van der Waals surface area contributed by atoms with E-state index in [1.54, 1.807) is 41.5 Å². The lowest BCUT2D eigenvalue weighted by Crippen LogP contribution is -2.49. The van der Waals surface area contributed by atoms with Crippen LogP contribution in [-0.2, 0) is 19.2 Å². The molecule has 0 radical (unpaired) electrons. The van der Waals surface area contributed by atoms with Crippen molar-refractivity contribution < 1.29 is 29.4 Å². The van der Waals surface area contributed by atoms with Crippen LogP contribution < -0.4 is 5.32 Å². The number of amides is 1. The monoisotopic (exact) mass is 431 g/mol. The van der Waals surface area contributed by atoms with E-state index >= 15 is 0 Å². The SMILES string of the molecule is CCC(C)(C)C.CCC(C)(CC(C)=O)C(=O)O.CNC(=O)C(C)(C)C(C)(C)C(=O)O. The van der Waals surface area contributed by atoms with Gasteiger partial charge in [0.15, 0.2) is 0 Å². The molecule has 7 heteroatoms. The standard InChI is InChI=1S/C9H17NO3.C8H14O3.C6H14/c1-8(2,6(11)10-5)9(3,4)7(12)13;1-4-8(3,7(10)11)5-6(2)9;1-5-6(2,3)4/h1-5H3,(H,10,11)(H,12,13);4-5H2,1-3H3,(H,10,11);5H2,1-4H3. The minimum absolute atomic E-state index is 0.0725. The van der Waals surface area contributed by atoms with Gasteiger partial charge in [0.05, 0.1) is 16.2 Å². The molecule has 0 aliphatic carbocycles. The summed E-state index contributed by atoms with van der Waals surface area (Å²) in [7, 11) is 1.50. The topological polar surface area (TPSA) is 121 Å². The predicted molar refractivity (Wildman–Crippen MR) is 120 cm³/mol. The van der Waals surface area contributed by atoms with Gasteiger partial charge in [-0.2, -0.15) is 0 Å². The number of carbonyl (C=O) groups excluding carboxylic acids is 2. The largest absolute Gasteiger partial charge is 0.481 e. The highest BCUT2D eigenvalue weighted by molar-refractivity contribution is 5.89. The van der Waals surface area contributed by atoms with Gasteiger partial charge in [0, 0.05) is 13.5 Å². The molecular formula is C23H45NO6. The first-order chi connectivity index (χ1) is 13.2. The Morgan fingerprint density at radius 1 is 0.733 bits per heavy atom. The second-order valence-corrected chi connectivity index (χ2v) is 10.1. The zero-order valence-corrected chi connectivity index (χ0v) is 21.1. The maximum atomic E-state index is 11.4. The molecule has 0 bridgehead atoms. The number of carbonyl (C=O) groups is 4. The van der Waals surface area contributed by atoms with Crippen LogP contribution >= 0.6 is 0 Å². The van der Waals surface area contributed by atoms with Crippen LogP contribution in [0.25, 0.3) is 0 Å². The van der Waals surface area contributed by atoms with E-state index in [4.69, 9.17) is 10.2 Å². The van der Waals surface area contributed by atoms with Crippen molar-refractivity contribution in [3.8, 4) is 0 Å². The average molecular weight is 432 g/mol. The van der Waals surface area contributed by atoms with Gasteiger partial charge in [0.2, 0.25) is 5.91 Å². The first-order valence-electron chi connectivity index (χ1n) is 10.3. The van der Waals surface area contributed by atoms with Crippen molar-refractivity contribution in [2.45, 2.75) is 95.4 Å². The van der Waals surface area contributed by atoms with Crippen LogP contribution in [0.5, 0.6) is 0 Å². The second kappa shape index (κ2) is 12.7. The summed E-state index contributed by atoms with van der Waals surface area (Å²) < 4.78 is 0. The van der Waals surface area contributed by atoms with Gasteiger partial charge in [-0.25, -0.2) is 0 Å². The van der Waals surface area contributed by atoms with Gasteiger partial charge in [0.25, 0.3) is 0 Å². The molecule has 0 aliphatic rings. The first-order valence-corrected chi connectivity index (χ1v) is 10.3. The van der Waals surface area contributed by atoms with Gasteiger partial charge >= 0.3 is 11.9 Å². The highest BCUT2D eigenvalue weighted by Gasteiger charge is 2.48. The molecule has 1 unspecified atom stereocenters. The smallest absolute Gasteiger partial charge is 0.310 e. The summed E-state index contributed by atoms with van der Waals surface area (Å²) in [5.41, 5.74) is -2.33. The van der Waals surface area contributed by atoms with E-state index in [2.05, 4.69) is 33.0 Å². The Balaban J connectivity index is -0.000000389. The van der Waals surface area contributed by atoms with Gasteiger partial charge in [-0.3, -0.25) is 19.2 Å². The summed E-state index contributed by atoms with van der Waals surface area (Å²) in [6.07, 6.45) is 1.88. The summed E-state index contributed by atoms with van der Waals surface area (Å²) in [6.45, 7) is 20.1. The molecule has 1 amide bonds. The molecule has 0 aromatic carbocycles. The van der Waals surface area contributed by atoms with Crippen LogP contribution in [0.1, 0.15) is 95.4 Å². The van der Waals surface area contributed by atoms with Crippen LogP contribution in [0, 0.1) is 21.7 Å². The molecule has 0 fully saturated rings. The van der Waals surface area contributed by atoms with Crippen LogP contribution in [0.2, 0.25) is 0 Å². The minimum Gasteiger partial charge on any atom is -0.481 e. The molecule has 1 atom stereocenters. The van der Waals surface area contributed by atoms with E-state index in [0.29, 0.717) is 11.8 Å². The molecule has 7 nitrogen and oxygen atoms in total. The maximum absolute atomic E-state index is 11.4. The molecule has 0 saturated carbocycles. The predicted octanol–water partition coefficient (Wildman–Crippen LogP) is 4.78. The molecule has 0 aliphatic heterocycles. The maximum Gasteiger partial charge on any atom is 0.310 e. The third kappa shape index (κ3) is 11.3. The van der Waals surface area contributed by atoms with Gasteiger partial charge in [-0.1, -0.05) is 41.0 Å². The van der Waals surface area contributed by atoms with Crippen molar-refractivity contribution in [1.29, 1.82) is 0 Å². The average Bonchev–Trinajstić information content (AvgIpc) is 2.60.